The van der Waals surface area contributed by atoms with Crippen molar-refractivity contribution in [2.45, 2.75) is 38.6 Å². The Bertz CT molecular complexity index is 594. The van der Waals surface area contributed by atoms with Gasteiger partial charge in [0, 0.05) is 0 Å². The summed E-state index contributed by atoms with van der Waals surface area (Å²) in [7, 11) is 0. The van der Waals surface area contributed by atoms with E-state index in [9.17, 15) is 8.78 Å². The van der Waals surface area contributed by atoms with Crippen LogP contribution in [0.3, 0.4) is 0 Å². The summed E-state index contributed by atoms with van der Waals surface area (Å²) in [6, 6.07) is 3.68. The standard InChI is InChI=1S/C14H17F2N3O/c1-3-14(17,4-2)13-18-12(20-19-13)8-9-5-6-10(15)11(16)7-9/h5-7H,3-4,8,17H2,1-2H3. The zero-order valence-corrected chi connectivity index (χ0v) is 11.5. The molecule has 0 bridgehead atoms. The Morgan fingerprint density at radius 1 is 1.20 bits per heavy atom. The molecule has 0 spiro atoms. The highest BCUT2D eigenvalue weighted by Gasteiger charge is 2.28. The molecule has 0 amide bonds. The van der Waals surface area contributed by atoms with Crippen LogP contribution in [0.25, 0.3) is 0 Å². The monoisotopic (exact) mass is 281 g/mol. The molecule has 6 heteroatoms. The Kier molecular flexibility index (Phi) is 4.13. The van der Waals surface area contributed by atoms with Crippen molar-refractivity contribution in [3.8, 4) is 0 Å². The third-order valence-corrected chi connectivity index (χ3v) is 3.51. The van der Waals surface area contributed by atoms with Crippen molar-refractivity contribution < 1.29 is 13.3 Å². The lowest BCUT2D eigenvalue weighted by Crippen LogP contribution is -2.36. The molecule has 0 unspecified atom stereocenters. The van der Waals surface area contributed by atoms with Crippen LogP contribution < -0.4 is 5.73 Å². The van der Waals surface area contributed by atoms with E-state index in [1.54, 1.807) is 0 Å². The van der Waals surface area contributed by atoms with Gasteiger partial charge in [-0.15, -0.1) is 0 Å². The van der Waals surface area contributed by atoms with Gasteiger partial charge in [-0.2, -0.15) is 4.98 Å². The summed E-state index contributed by atoms with van der Waals surface area (Å²) in [5, 5.41) is 3.89. The lowest BCUT2D eigenvalue weighted by molar-refractivity contribution is 0.337. The molecule has 1 heterocycles. The molecule has 0 saturated heterocycles. The van der Waals surface area contributed by atoms with Crippen LogP contribution in [0.15, 0.2) is 22.7 Å². The number of nitrogens with two attached hydrogens (primary N) is 1. The SMILES string of the molecule is CCC(N)(CC)c1noc(Cc2ccc(F)c(F)c2)n1. The highest BCUT2D eigenvalue weighted by Crippen LogP contribution is 2.23. The van der Waals surface area contributed by atoms with Crippen LogP contribution in [0.1, 0.15) is 44.0 Å². The Hall–Kier alpha value is -1.82. The molecule has 0 aliphatic rings. The van der Waals surface area contributed by atoms with Gasteiger partial charge in [0.15, 0.2) is 17.5 Å². The molecule has 0 saturated carbocycles. The van der Waals surface area contributed by atoms with E-state index in [0.717, 1.165) is 12.1 Å². The van der Waals surface area contributed by atoms with Crippen LogP contribution in [-0.2, 0) is 12.0 Å². The van der Waals surface area contributed by atoms with Crippen molar-refractivity contribution in [1.82, 2.24) is 10.1 Å². The molecule has 1 aromatic heterocycles. The summed E-state index contributed by atoms with van der Waals surface area (Å²) < 4.78 is 31.1. The fourth-order valence-corrected chi connectivity index (χ4v) is 1.92. The van der Waals surface area contributed by atoms with E-state index < -0.39 is 17.2 Å². The van der Waals surface area contributed by atoms with Gasteiger partial charge in [0.05, 0.1) is 12.0 Å². The molecule has 0 atom stereocenters. The minimum absolute atomic E-state index is 0.244. The van der Waals surface area contributed by atoms with Crippen LogP contribution in [0.2, 0.25) is 0 Å². The number of aromatic nitrogens is 2. The second-order valence-corrected chi connectivity index (χ2v) is 4.80. The Morgan fingerprint density at radius 3 is 2.50 bits per heavy atom. The zero-order valence-electron chi connectivity index (χ0n) is 11.5. The van der Waals surface area contributed by atoms with E-state index in [1.165, 1.54) is 6.07 Å². The van der Waals surface area contributed by atoms with Crippen LogP contribution >= 0.6 is 0 Å². The number of rotatable bonds is 5. The molecule has 0 aliphatic carbocycles. The van der Waals surface area contributed by atoms with E-state index in [1.807, 2.05) is 13.8 Å². The molecule has 0 fully saturated rings. The molecule has 20 heavy (non-hydrogen) atoms. The van der Waals surface area contributed by atoms with Crippen molar-refractivity contribution >= 4 is 0 Å². The van der Waals surface area contributed by atoms with Crippen LogP contribution in [0, 0.1) is 11.6 Å². The predicted octanol–water partition coefficient (Wildman–Crippen LogP) is 2.91. The maximum absolute atomic E-state index is 13.1. The molecule has 1 aromatic carbocycles. The number of nitrogens with zero attached hydrogens (tertiary/aromatic N) is 2. The van der Waals surface area contributed by atoms with Crippen molar-refractivity contribution in [1.29, 1.82) is 0 Å². The van der Waals surface area contributed by atoms with Gasteiger partial charge in [-0.05, 0) is 30.5 Å². The first kappa shape index (κ1) is 14.6. The van der Waals surface area contributed by atoms with Gasteiger partial charge in [-0.1, -0.05) is 25.1 Å². The Labute approximate surface area is 116 Å². The summed E-state index contributed by atoms with van der Waals surface area (Å²) >= 11 is 0. The fourth-order valence-electron chi connectivity index (χ4n) is 1.92. The first-order chi connectivity index (χ1) is 9.48. The van der Waals surface area contributed by atoms with Gasteiger partial charge in [-0.3, -0.25) is 0 Å². The predicted molar refractivity (Wildman–Crippen MR) is 69.9 cm³/mol. The Morgan fingerprint density at radius 2 is 1.90 bits per heavy atom. The van der Waals surface area contributed by atoms with Crippen molar-refractivity contribution in [2.24, 2.45) is 5.73 Å². The molecular formula is C14H17F2N3O. The molecule has 0 aliphatic heterocycles. The lowest BCUT2D eigenvalue weighted by atomic mass is 9.93. The maximum Gasteiger partial charge on any atom is 0.231 e. The van der Waals surface area contributed by atoms with Gasteiger partial charge in [0.2, 0.25) is 5.89 Å². The molecule has 2 rings (SSSR count). The molecule has 108 valence electrons. The zero-order chi connectivity index (χ0) is 14.8. The van der Waals surface area contributed by atoms with Crippen LogP contribution in [0.5, 0.6) is 0 Å². The molecule has 2 aromatic rings. The minimum Gasteiger partial charge on any atom is -0.339 e. The maximum atomic E-state index is 13.1. The van der Waals surface area contributed by atoms with E-state index in [2.05, 4.69) is 10.1 Å². The molecular weight excluding hydrogens is 264 g/mol. The summed E-state index contributed by atoms with van der Waals surface area (Å²) in [6.45, 7) is 3.91. The van der Waals surface area contributed by atoms with E-state index in [-0.39, 0.29) is 6.42 Å². The second-order valence-electron chi connectivity index (χ2n) is 4.80. The van der Waals surface area contributed by atoms with Crippen molar-refractivity contribution in [2.75, 3.05) is 0 Å². The lowest BCUT2D eigenvalue weighted by Gasteiger charge is -2.21. The van der Waals surface area contributed by atoms with E-state index in [4.69, 9.17) is 10.3 Å². The highest BCUT2D eigenvalue weighted by atomic mass is 19.2. The van der Waals surface area contributed by atoms with Gasteiger partial charge in [-0.25, -0.2) is 8.78 Å². The largest absolute Gasteiger partial charge is 0.339 e. The number of benzene rings is 1. The summed E-state index contributed by atoms with van der Waals surface area (Å²) in [5.74, 6) is -0.988. The number of halogens is 2. The highest BCUT2D eigenvalue weighted by molar-refractivity contribution is 5.20. The van der Waals surface area contributed by atoms with Gasteiger partial charge < -0.3 is 10.3 Å². The van der Waals surface area contributed by atoms with Gasteiger partial charge in [0.25, 0.3) is 0 Å². The van der Waals surface area contributed by atoms with Gasteiger partial charge in [0.1, 0.15) is 0 Å². The smallest absolute Gasteiger partial charge is 0.231 e. The summed E-state index contributed by atoms with van der Waals surface area (Å²) in [6.07, 6.45) is 1.62. The van der Waals surface area contributed by atoms with E-state index in [0.29, 0.717) is 30.1 Å². The quantitative estimate of drug-likeness (QED) is 0.915. The average molecular weight is 281 g/mol. The normalized spacial score (nSPS) is 11.8. The average Bonchev–Trinajstić information content (AvgIpc) is 2.91. The van der Waals surface area contributed by atoms with Crippen LogP contribution in [0.4, 0.5) is 8.78 Å². The third kappa shape index (κ3) is 2.85. The van der Waals surface area contributed by atoms with Crippen molar-refractivity contribution in [3.05, 3.63) is 47.1 Å². The summed E-state index contributed by atoms with van der Waals surface area (Å²) in [4.78, 5) is 4.25. The first-order valence-electron chi connectivity index (χ1n) is 6.54. The van der Waals surface area contributed by atoms with E-state index >= 15 is 0 Å². The summed E-state index contributed by atoms with van der Waals surface area (Å²) in [5.41, 5.74) is 6.12. The molecule has 4 nitrogen and oxygen atoms in total. The van der Waals surface area contributed by atoms with Crippen molar-refractivity contribution in [3.63, 3.8) is 0 Å². The minimum atomic E-state index is -0.891. The second kappa shape index (κ2) is 5.66. The first-order valence-corrected chi connectivity index (χ1v) is 6.54. The Balaban J connectivity index is 2.19. The van der Waals surface area contributed by atoms with Gasteiger partial charge >= 0.3 is 0 Å². The number of hydrogen-bond acceptors (Lipinski definition) is 4. The van der Waals surface area contributed by atoms with Crippen LogP contribution in [-0.4, -0.2) is 10.1 Å². The molecule has 0 radical (unpaired) electrons. The third-order valence-electron chi connectivity index (χ3n) is 3.51. The topological polar surface area (TPSA) is 64.9 Å². The molecule has 2 N–H and O–H groups in total. The fraction of sp³-hybridized carbons (Fsp3) is 0.429. The number of hydrogen-bond donors (Lipinski definition) is 1.